The Morgan fingerprint density at radius 2 is 1.85 bits per heavy atom. The van der Waals surface area contributed by atoms with Gasteiger partial charge in [0.1, 0.15) is 6.10 Å². The van der Waals surface area contributed by atoms with Gasteiger partial charge in [-0.3, -0.25) is 0 Å². The summed E-state index contributed by atoms with van der Waals surface area (Å²) >= 11 is 0. The third kappa shape index (κ3) is 10.7. The SMILES string of the molecule is CCNC(=NCC(C)Oc1ccccc1OC)NCCCCOCC.I. The lowest BCUT2D eigenvalue weighted by atomic mass is 10.3. The van der Waals surface area contributed by atoms with Gasteiger partial charge in [0.05, 0.1) is 13.7 Å². The van der Waals surface area contributed by atoms with Gasteiger partial charge in [0, 0.05) is 26.3 Å². The molecule has 0 amide bonds. The van der Waals surface area contributed by atoms with Gasteiger partial charge >= 0.3 is 0 Å². The lowest BCUT2D eigenvalue weighted by Gasteiger charge is -2.16. The molecule has 0 spiro atoms. The highest BCUT2D eigenvalue weighted by molar-refractivity contribution is 14.0. The quantitative estimate of drug-likeness (QED) is 0.208. The number of ether oxygens (including phenoxy) is 3. The largest absolute Gasteiger partial charge is 0.493 e. The van der Waals surface area contributed by atoms with E-state index < -0.39 is 0 Å². The van der Waals surface area contributed by atoms with Crippen molar-refractivity contribution < 1.29 is 14.2 Å². The fourth-order valence-electron chi connectivity index (χ4n) is 2.21. The molecule has 7 heteroatoms. The summed E-state index contributed by atoms with van der Waals surface area (Å²) in [5.41, 5.74) is 0. The van der Waals surface area contributed by atoms with E-state index in [9.17, 15) is 0 Å². The van der Waals surface area contributed by atoms with Gasteiger partial charge in [-0.2, -0.15) is 0 Å². The van der Waals surface area contributed by atoms with E-state index in [0.717, 1.165) is 56.6 Å². The van der Waals surface area contributed by atoms with Crippen LogP contribution in [0.4, 0.5) is 0 Å². The molecule has 0 radical (unpaired) electrons. The molecule has 6 nitrogen and oxygen atoms in total. The Morgan fingerprint density at radius 3 is 2.50 bits per heavy atom. The number of rotatable bonds is 12. The van der Waals surface area contributed by atoms with E-state index in [0.29, 0.717) is 6.54 Å². The van der Waals surface area contributed by atoms with Crippen LogP contribution in [-0.2, 0) is 4.74 Å². The zero-order valence-electron chi connectivity index (χ0n) is 16.4. The lowest BCUT2D eigenvalue weighted by molar-refractivity contribution is 0.143. The predicted octanol–water partition coefficient (Wildman–Crippen LogP) is 3.45. The first kappa shape index (κ1) is 24.8. The molecule has 0 aliphatic carbocycles. The molecule has 0 heterocycles. The fraction of sp³-hybridized carbons (Fsp3) is 0.632. The molecule has 0 aliphatic rings. The van der Waals surface area contributed by atoms with Crippen LogP contribution < -0.4 is 20.1 Å². The van der Waals surface area contributed by atoms with Crippen molar-refractivity contribution in [3.05, 3.63) is 24.3 Å². The fourth-order valence-corrected chi connectivity index (χ4v) is 2.21. The van der Waals surface area contributed by atoms with Gasteiger partial charge in [-0.1, -0.05) is 12.1 Å². The Balaban J connectivity index is 0.00000625. The van der Waals surface area contributed by atoms with Gasteiger partial charge in [0.25, 0.3) is 0 Å². The molecule has 0 bridgehead atoms. The van der Waals surface area contributed by atoms with Crippen molar-refractivity contribution >= 4 is 29.9 Å². The number of halogens is 1. The van der Waals surface area contributed by atoms with Gasteiger partial charge in [-0.05, 0) is 45.7 Å². The van der Waals surface area contributed by atoms with Crippen molar-refractivity contribution in [2.45, 2.75) is 39.7 Å². The molecule has 0 saturated carbocycles. The number of guanidine groups is 1. The number of para-hydroxylation sites is 2. The first-order valence-electron chi connectivity index (χ1n) is 9.10. The van der Waals surface area contributed by atoms with Crippen LogP contribution in [0.15, 0.2) is 29.3 Å². The van der Waals surface area contributed by atoms with Crippen molar-refractivity contribution in [3.63, 3.8) is 0 Å². The molecule has 0 aliphatic heterocycles. The summed E-state index contributed by atoms with van der Waals surface area (Å²) in [5.74, 6) is 2.29. The van der Waals surface area contributed by atoms with E-state index in [1.807, 2.05) is 38.1 Å². The van der Waals surface area contributed by atoms with Crippen molar-refractivity contribution in [1.29, 1.82) is 0 Å². The third-order valence-electron chi connectivity index (χ3n) is 3.46. The number of nitrogens with zero attached hydrogens (tertiary/aromatic N) is 1. The normalized spacial score (nSPS) is 12.1. The minimum Gasteiger partial charge on any atom is -0.493 e. The predicted molar refractivity (Wildman–Crippen MR) is 118 cm³/mol. The van der Waals surface area contributed by atoms with Crippen LogP contribution in [0.2, 0.25) is 0 Å². The summed E-state index contributed by atoms with van der Waals surface area (Å²) < 4.78 is 16.6. The smallest absolute Gasteiger partial charge is 0.191 e. The molecular formula is C19H34IN3O3. The summed E-state index contributed by atoms with van der Waals surface area (Å²) in [7, 11) is 1.64. The highest BCUT2D eigenvalue weighted by Gasteiger charge is 2.08. The molecule has 0 saturated heterocycles. The third-order valence-corrected chi connectivity index (χ3v) is 3.46. The molecule has 0 aromatic heterocycles. The first-order chi connectivity index (χ1) is 12.2. The van der Waals surface area contributed by atoms with E-state index in [-0.39, 0.29) is 30.1 Å². The van der Waals surface area contributed by atoms with Crippen molar-refractivity contribution in [3.8, 4) is 11.5 Å². The molecule has 1 rings (SSSR count). The molecular weight excluding hydrogens is 445 g/mol. The number of hydrogen-bond acceptors (Lipinski definition) is 4. The average molecular weight is 479 g/mol. The number of methoxy groups -OCH3 is 1. The van der Waals surface area contributed by atoms with Crippen molar-refractivity contribution in [2.24, 2.45) is 4.99 Å². The second-order valence-electron chi connectivity index (χ2n) is 5.63. The molecule has 1 atom stereocenters. The average Bonchev–Trinajstić information content (AvgIpc) is 2.63. The summed E-state index contributed by atoms with van der Waals surface area (Å²) in [6, 6.07) is 7.65. The Kier molecular flexibility index (Phi) is 15.2. The second kappa shape index (κ2) is 16.0. The molecule has 1 aromatic rings. The topological polar surface area (TPSA) is 64.1 Å². The van der Waals surface area contributed by atoms with Gasteiger partial charge in [0.2, 0.25) is 0 Å². The van der Waals surface area contributed by atoms with E-state index in [2.05, 4.69) is 22.5 Å². The highest BCUT2D eigenvalue weighted by Crippen LogP contribution is 2.26. The van der Waals surface area contributed by atoms with E-state index >= 15 is 0 Å². The maximum atomic E-state index is 5.93. The number of benzene rings is 1. The Morgan fingerprint density at radius 1 is 1.12 bits per heavy atom. The minimum absolute atomic E-state index is 0. The molecule has 1 aromatic carbocycles. The van der Waals surface area contributed by atoms with Crippen LogP contribution in [-0.4, -0.2) is 52.0 Å². The molecule has 150 valence electrons. The first-order valence-corrected chi connectivity index (χ1v) is 9.10. The van der Waals surface area contributed by atoms with Crippen LogP contribution in [0, 0.1) is 0 Å². The monoisotopic (exact) mass is 479 g/mol. The van der Waals surface area contributed by atoms with Crippen LogP contribution in [0.1, 0.15) is 33.6 Å². The second-order valence-corrected chi connectivity index (χ2v) is 5.63. The Labute approximate surface area is 175 Å². The lowest BCUT2D eigenvalue weighted by Crippen LogP contribution is -2.38. The maximum Gasteiger partial charge on any atom is 0.191 e. The van der Waals surface area contributed by atoms with Gasteiger partial charge in [-0.25, -0.2) is 4.99 Å². The molecule has 26 heavy (non-hydrogen) atoms. The minimum atomic E-state index is -0.0512. The van der Waals surface area contributed by atoms with Crippen LogP contribution >= 0.6 is 24.0 Å². The molecule has 2 N–H and O–H groups in total. The van der Waals surface area contributed by atoms with Gasteiger partial charge < -0.3 is 24.8 Å². The zero-order chi connectivity index (χ0) is 18.3. The summed E-state index contributed by atoms with van der Waals surface area (Å²) in [6.45, 7) is 9.93. The van der Waals surface area contributed by atoms with Crippen LogP contribution in [0.25, 0.3) is 0 Å². The number of hydrogen-bond donors (Lipinski definition) is 2. The maximum absolute atomic E-state index is 5.93. The number of nitrogens with one attached hydrogen (secondary N) is 2. The Bertz CT molecular complexity index is 501. The molecule has 1 unspecified atom stereocenters. The standard InChI is InChI=1S/C19H33N3O3.HI/c1-5-20-19(21-13-9-10-14-24-6-2)22-15-16(3)25-18-12-8-7-11-17(18)23-4;/h7-8,11-12,16H,5-6,9-10,13-15H2,1-4H3,(H2,20,21,22);1H. The zero-order valence-corrected chi connectivity index (χ0v) is 18.7. The van der Waals surface area contributed by atoms with Crippen molar-refractivity contribution in [1.82, 2.24) is 10.6 Å². The van der Waals surface area contributed by atoms with Crippen molar-refractivity contribution in [2.75, 3.05) is 40.0 Å². The summed E-state index contributed by atoms with van der Waals surface area (Å²) in [5, 5.41) is 6.60. The van der Waals surface area contributed by atoms with Crippen LogP contribution in [0.5, 0.6) is 11.5 Å². The number of aliphatic imine (C=N–C) groups is 1. The number of unbranched alkanes of at least 4 members (excludes halogenated alkanes) is 1. The summed E-state index contributed by atoms with van der Waals surface area (Å²) in [4.78, 5) is 4.60. The van der Waals surface area contributed by atoms with Gasteiger partial charge in [-0.15, -0.1) is 24.0 Å². The summed E-state index contributed by atoms with van der Waals surface area (Å²) in [6.07, 6.45) is 2.05. The highest BCUT2D eigenvalue weighted by atomic mass is 127. The van der Waals surface area contributed by atoms with Crippen LogP contribution in [0.3, 0.4) is 0 Å². The van der Waals surface area contributed by atoms with E-state index in [1.165, 1.54) is 0 Å². The van der Waals surface area contributed by atoms with Gasteiger partial charge in [0.15, 0.2) is 17.5 Å². The molecule has 0 fully saturated rings. The van der Waals surface area contributed by atoms with E-state index in [4.69, 9.17) is 14.2 Å². The Hall–Kier alpha value is -1.22. The van der Waals surface area contributed by atoms with E-state index in [1.54, 1.807) is 7.11 Å².